The van der Waals surface area contributed by atoms with Crippen LogP contribution >= 0.6 is 11.3 Å². The first-order valence-corrected chi connectivity index (χ1v) is 10.5. The summed E-state index contributed by atoms with van der Waals surface area (Å²) in [5.74, 6) is -0.0124. The van der Waals surface area contributed by atoms with E-state index in [9.17, 15) is 13.2 Å². The Bertz CT molecular complexity index is 784. The van der Waals surface area contributed by atoms with E-state index in [0.29, 0.717) is 13.1 Å². The predicted octanol–water partition coefficient (Wildman–Crippen LogP) is 1.77. The zero-order valence-electron chi connectivity index (χ0n) is 13.8. The van der Waals surface area contributed by atoms with Crippen LogP contribution in [-0.2, 0) is 14.8 Å². The molecule has 2 aromatic rings. The molecule has 0 spiro atoms. The molecule has 1 aromatic carbocycles. The topological polar surface area (TPSA) is 69.7 Å². The molecule has 134 valence electrons. The Morgan fingerprint density at radius 2 is 1.76 bits per heavy atom. The molecule has 2 heterocycles. The van der Waals surface area contributed by atoms with Crippen LogP contribution in [0.2, 0.25) is 0 Å². The fourth-order valence-electron chi connectivity index (χ4n) is 2.79. The van der Waals surface area contributed by atoms with Crippen LogP contribution in [0.5, 0.6) is 0 Å². The van der Waals surface area contributed by atoms with Crippen molar-refractivity contribution in [3.05, 3.63) is 47.8 Å². The molecule has 1 aliphatic heterocycles. The SMILES string of the molecule is O=C(CCNS(=O)(=O)c1cccs1)N1CCN(c2ccccc2)CC1. The lowest BCUT2D eigenvalue weighted by Crippen LogP contribution is -2.49. The van der Waals surface area contributed by atoms with Gasteiger partial charge in [-0.2, -0.15) is 0 Å². The molecule has 0 atom stereocenters. The summed E-state index contributed by atoms with van der Waals surface area (Å²) in [6, 6.07) is 13.4. The van der Waals surface area contributed by atoms with Gasteiger partial charge >= 0.3 is 0 Å². The number of benzene rings is 1. The van der Waals surface area contributed by atoms with Crippen molar-refractivity contribution >= 4 is 33.0 Å². The third-order valence-corrected chi connectivity index (χ3v) is 7.00. The largest absolute Gasteiger partial charge is 0.368 e. The van der Waals surface area contributed by atoms with Crippen molar-refractivity contribution in [2.45, 2.75) is 10.6 Å². The minimum atomic E-state index is -3.50. The molecule has 0 aliphatic carbocycles. The molecule has 8 heteroatoms. The Hall–Kier alpha value is -1.90. The number of amides is 1. The van der Waals surface area contributed by atoms with Gasteiger partial charge in [-0.25, -0.2) is 13.1 Å². The lowest BCUT2D eigenvalue weighted by Gasteiger charge is -2.36. The number of carbonyl (C=O) groups excluding carboxylic acids is 1. The van der Waals surface area contributed by atoms with Crippen molar-refractivity contribution < 1.29 is 13.2 Å². The predicted molar refractivity (Wildman–Crippen MR) is 99.4 cm³/mol. The van der Waals surface area contributed by atoms with E-state index >= 15 is 0 Å². The van der Waals surface area contributed by atoms with Crippen molar-refractivity contribution in [2.75, 3.05) is 37.6 Å². The normalized spacial score (nSPS) is 15.4. The maximum atomic E-state index is 12.3. The number of hydrogen-bond acceptors (Lipinski definition) is 5. The molecule has 0 unspecified atom stereocenters. The molecule has 0 radical (unpaired) electrons. The zero-order valence-corrected chi connectivity index (χ0v) is 15.4. The fourth-order valence-corrected chi connectivity index (χ4v) is 4.86. The van der Waals surface area contributed by atoms with Gasteiger partial charge in [0.15, 0.2) is 0 Å². The van der Waals surface area contributed by atoms with E-state index in [1.807, 2.05) is 18.2 Å². The Morgan fingerprint density at radius 3 is 2.40 bits per heavy atom. The van der Waals surface area contributed by atoms with Crippen LogP contribution in [0.3, 0.4) is 0 Å². The second-order valence-corrected chi connectivity index (χ2v) is 8.72. The average Bonchev–Trinajstić information content (AvgIpc) is 3.18. The summed E-state index contributed by atoms with van der Waals surface area (Å²) in [4.78, 5) is 16.3. The van der Waals surface area contributed by atoms with Gasteiger partial charge in [-0.1, -0.05) is 24.3 Å². The van der Waals surface area contributed by atoms with Gasteiger partial charge in [0.25, 0.3) is 0 Å². The molecule has 1 saturated heterocycles. The minimum absolute atomic E-state index is 0.0124. The van der Waals surface area contributed by atoms with E-state index in [-0.39, 0.29) is 23.1 Å². The number of para-hydroxylation sites is 1. The molecular formula is C17H21N3O3S2. The third kappa shape index (κ3) is 4.59. The Kier molecular flexibility index (Phi) is 5.72. The summed E-state index contributed by atoms with van der Waals surface area (Å²) in [6.45, 7) is 3.02. The molecule has 1 fully saturated rings. The maximum Gasteiger partial charge on any atom is 0.250 e. The van der Waals surface area contributed by atoms with Crippen LogP contribution in [0, 0.1) is 0 Å². The van der Waals surface area contributed by atoms with Crippen LogP contribution in [0.15, 0.2) is 52.1 Å². The highest BCUT2D eigenvalue weighted by molar-refractivity contribution is 7.91. The number of hydrogen-bond donors (Lipinski definition) is 1. The lowest BCUT2D eigenvalue weighted by atomic mass is 10.2. The molecule has 25 heavy (non-hydrogen) atoms. The van der Waals surface area contributed by atoms with Gasteiger partial charge in [0.05, 0.1) is 0 Å². The molecule has 0 bridgehead atoms. The summed E-state index contributed by atoms with van der Waals surface area (Å²) in [5, 5.41) is 1.71. The molecule has 1 aromatic heterocycles. The lowest BCUT2D eigenvalue weighted by molar-refractivity contribution is -0.131. The second-order valence-electron chi connectivity index (χ2n) is 5.78. The Balaban J connectivity index is 1.44. The first-order valence-electron chi connectivity index (χ1n) is 8.17. The maximum absolute atomic E-state index is 12.3. The first-order chi connectivity index (χ1) is 12.1. The summed E-state index contributed by atoms with van der Waals surface area (Å²) >= 11 is 1.16. The number of sulfonamides is 1. The van der Waals surface area contributed by atoms with Crippen LogP contribution in [-0.4, -0.2) is 51.9 Å². The third-order valence-electron chi connectivity index (χ3n) is 4.14. The van der Waals surface area contributed by atoms with Gasteiger partial charge in [0, 0.05) is 44.8 Å². The highest BCUT2D eigenvalue weighted by atomic mass is 32.2. The van der Waals surface area contributed by atoms with Crippen LogP contribution < -0.4 is 9.62 Å². The number of carbonyl (C=O) groups is 1. The first kappa shape index (κ1) is 17.9. The highest BCUT2D eigenvalue weighted by Crippen LogP contribution is 2.17. The van der Waals surface area contributed by atoms with E-state index in [1.54, 1.807) is 22.4 Å². The van der Waals surface area contributed by atoms with Crippen molar-refractivity contribution in [3.8, 4) is 0 Å². The van der Waals surface area contributed by atoms with Crippen molar-refractivity contribution in [3.63, 3.8) is 0 Å². The molecule has 3 rings (SSSR count). The standard InChI is InChI=1S/C17H21N3O3S2/c21-16(8-9-18-25(22,23)17-7-4-14-24-17)20-12-10-19(11-13-20)15-5-2-1-3-6-15/h1-7,14,18H,8-13H2. The zero-order chi connectivity index (χ0) is 17.7. The average molecular weight is 380 g/mol. The molecule has 1 aliphatic rings. The van der Waals surface area contributed by atoms with E-state index in [0.717, 1.165) is 24.4 Å². The summed E-state index contributed by atoms with van der Waals surface area (Å²) < 4.78 is 26.8. The number of piperazine rings is 1. The quantitative estimate of drug-likeness (QED) is 0.830. The number of thiophene rings is 1. The van der Waals surface area contributed by atoms with E-state index in [1.165, 1.54) is 5.69 Å². The monoisotopic (exact) mass is 379 g/mol. The van der Waals surface area contributed by atoms with Gasteiger partial charge < -0.3 is 9.80 Å². The molecular weight excluding hydrogens is 358 g/mol. The molecule has 1 amide bonds. The van der Waals surface area contributed by atoms with Crippen molar-refractivity contribution in [2.24, 2.45) is 0 Å². The highest BCUT2D eigenvalue weighted by Gasteiger charge is 2.22. The number of nitrogens with zero attached hydrogens (tertiary/aromatic N) is 2. The number of rotatable bonds is 6. The molecule has 0 saturated carbocycles. The van der Waals surface area contributed by atoms with Gasteiger partial charge in [-0.15, -0.1) is 11.3 Å². The Morgan fingerprint density at radius 1 is 1.04 bits per heavy atom. The summed E-state index contributed by atoms with van der Waals surface area (Å²) in [5.41, 5.74) is 1.17. The van der Waals surface area contributed by atoms with Gasteiger partial charge in [-0.05, 0) is 23.6 Å². The number of anilines is 1. The van der Waals surface area contributed by atoms with E-state index in [2.05, 4.69) is 21.8 Å². The summed E-state index contributed by atoms with van der Waals surface area (Å²) in [7, 11) is -3.50. The van der Waals surface area contributed by atoms with E-state index < -0.39 is 10.0 Å². The van der Waals surface area contributed by atoms with Crippen LogP contribution in [0.4, 0.5) is 5.69 Å². The van der Waals surface area contributed by atoms with Gasteiger partial charge in [0.1, 0.15) is 4.21 Å². The molecule has 6 nitrogen and oxygen atoms in total. The van der Waals surface area contributed by atoms with Crippen LogP contribution in [0.1, 0.15) is 6.42 Å². The second kappa shape index (κ2) is 7.99. The minimum Gasteiger partial charge on any atom is -0.368 e. The van der Waals surface area contributed by atoms with Crippen LogP contribution in [0.25, 0.3) is 0 Å². The van der Waals surface area contributed by atoms with Gasteiger partial charge in [-0.3, -0.25) is 4.79 Å². The van der Waals surface area contributed by atoms with Gasteiger partial charge in [0.2, 0.25) is 15.9 Å². The van der Waals surface area contributed by atoms with Crippen molar-refractivity contribution in [1.29, 1.82) is 0 Å². The Labute approximate surface area is 152 Å². The van der Waals surface area contributed by atoms with E-state index in [4.69, 9.17) is 0 Å². The molecule has 1 N–H and O–H groups in total. The fraction of sp³-hybridized carbons (Fsp3) is 0.353. The number of nitrogens with one attached hydrogen (secondary N) is 1. The van der Waals surface area contributed by atoms with Crippen molar-refractivity contribution in [1.82, 2.24) is 9.62 Å². The summed E-state index contributed by atoms with van der Waals surface area (Å²) in [6.07, 6.45) is 0.177. The smallest absolute Gasteiger partial charge is 0.250 e.